The molecule has 1 N–H and O–H groups in total. The van der Waals surface area contributed by atoms with Crippen molar-refractivity contribution in [1.82, 2.24) is 10.2 Å². The molecule has 1 aliphatic rings. The molecule has 0 saturated carbocycles. The molecule has 2 aromatic rings. The van der Waals surface area contributed by atoms with Crippen molar-refractivity contribution in [2.75, 3.05) is 26.2 Å². The summed E-state index contributed by atoms with van der Waals surface area (Å²) in [6.45, 7) is 3.01. The minimum absolute atomic E-state index is 0. The van der Waals surface area contributed by atoms with Crippen molar-refractivity contribution in [2.45, 2.75) is 12.2 Å². The number of hydrogen-bond donors (Lipinski definition) is 1. The van der Waals surface area contributed by atoms with Crippen LogP contribution in [-0.4, -0.2) is 31.1 Å². The third-order valence-electron chi connectivity index (χ3n) is 3.95. The molecule has 3 rings (SSSR count). The molecule has 0 radical (unpaired) electrons. The SMILES string of the molecule is Cl.Fc1cc(C(F)(F)F)ccc1[C@@H](c1cccs1)N1CCNCC1. The smallest absolute Gasteiger partial charge is 0.314 e. The number of rotatable bonds is 3. The van der Waals surface area contributed by atoms with Gasteiger partial charge in [0.2, 0.25) is 0 Å². The second-order valence-corrected chi connectivity index (χ2v) is 6.42. The summed E-state index contributed by atoms with van der Waals surface area (Å²) in [5.74, 6) is -0.809. The van der Waals surface area contributed by atoms with Gasteiger partial charge in [-0.15, -0.1) is 23.7 Å². The summed E-state index contributed by atoms with van der Waals surface area (Å²) in [5.41, 5.74) is -0.661. The molecule has 132 valence electrons. The number of alkyl halides is 3. The molecular formula is C16H17ClF4N2S. The van der Waals surface area contributed by atoms with Crippen LogP contribution in [0.1, 0.15) is 22.0 Å². The Hall–Kier alpha value is -1.15. The van der Waals surface area contributed by atoms with Gasteiger partial charge in [0.1, 0.15) is 5.82 Å². The minimum atomic E-state index is -4.53. The molecule has 0 amide bonds. The normalized spacial score (nSPS) is 17.3. The zero-order valence-corrected chi connectivity index (χ0v) is 14.3. The first-order valence-corrected chi connectivity index (χ1v) is 8.19. The minimum Gasteiger partial charge on any atom is -0.314 e. The van der Waals surface area contributed by atoms with Crippen LogP contribution < -0.4 is 5.32 Å². The van der Waals surface area contributed by atoms with Crippen LogP contribution in [-0.2, 0) is 6.18 Å². The summed E-state index contributed by atoms with van der Waals surface area (Å²) in [5, 5.41) is 5.12. The van der Waals surface area contributed by atoms with Crippen molar-refractivity contribution < 1.29 is 17.6 Å². The number of nitrogens with one attached hydrogen (secondary N) is 1. The Morgan fingerprint density at radius 3 is 2.38 bits per heavy atom. The summed E-state index contributed by atoms with van der Waals surface area (Å²) >= 11 is 1.49. The summed E-state index contributed by atoms with van der Waals surface area (Å²) in [6, 6.07) is 6.25. The van der Waals surface area contributed by atoms with E-state index in [1.807, 2.05) is 17.5 Å². The van der Waals surface area contributed by atoms with Crippen LogP contribution in [0.25, 0.3) is 0 Å². The van der Waals surface area contributed by atoms with E-state index in [4.69, 9.17) is 0 Å². The molecule has 0 spiro atoms. The Kier molecular flexibility index (Phi) is 6.25. The first-order valence-electron chi connectivity index (χ1n) is 7.31. The molecule has 1 atom stereocenters. The average molecular weight is 381 g/mol. The highest BCUT2D eigenvalue weighted by Crippen LogP contribution is 2.36. The summed E-state index contributed by atoms with van der Waals surface area (Å²) in [4.78, 5) is 3.04. The second-order valence-electron chi connectivity index (χ2n) is 5.44. The lowest BCUT2D eigenvalue weighted by atomic mass is 10.00. The Balaban J connectivity index is 0.00000208. The molecule has 24 heavy (non-hydrogen) atoms. The number of benzene rings is 1. The van der Waals surface area contributed by atoms with E-state index in [-0.39, 0.29) is 18.4 Å². The molecular weight excluding hydrogens is 364 g/mol. The van der Waals surface area contributed by atoms with Gasteiger partial charge in [-0.25, -0.2) is 4.39 Å². The van der Waals surface area contributed by atoms with E-state index in [9.17, 15) is 17.6 Å². The summed E-state index contributed by atoms with van der Waals surface area (Å²) < 4.78 is 52.7. The lowest BCUT2D eigenvalue weighted by molar-refractivity contribution is -0.137. The number of halogens is 5. The van der Waals surface area contributed by atoms with Gasteiger partial charge in [0.05, 0.1) is 11.6 Å². The monoisotopic (exact) mass is 380 g/mol. The number of hydrogen-bond acceptors (Lipinski definition) is 3. The maximum Gasteiger partial charge on any atom is 0.416 e. The van der Waals surface area contributed by atoms with Gasteiger partial charge < -0.3 is 5.32 Å². The van der Waals surface area contributed by atoms with E-state index in [2.05, 4.69) is 10.2 Å². The van der Waals surface area contributed by atoms with E-state index < -0.39 is 17.6 Å². The van der Waals surface area contributed by atoms with Crippen LogP contribution in [0.5, 0.6) is 0 Å². The Morgan fingerprint density at radius 2 is 1.83 bits per heavy atom. The fraction of sp³-hybridized carbons (Fsp3) is 0.375. The average Bonchev–Trinajstić information content (AvgIpc) is 3.03. The van der Waals surface area contributed by atoms with Crippen LogP contribution in [0.3, 0.4) is 0 Å². The fourth-order valence-corrected chi connectivity index (χ4v) is 3.72. The standard InChI is InChI=1S/C16H16F4N2S.ClH/c17-13-10-11(16(18,19)20)3-4-12(13)15(14-2-1-9-23-14)22-7-5-21-6-8-22;/h1-4,9-10,15,21H,5-8H2;1H/t15-;/m0./s1. The van der Waals surface area contributed by atoms with Crippen molar-refractivity contribution in [1.29, 1.82) is 0 Å². The first-order chi connectivity index (χ1) is 11.0. The van der Waals surface area contributed by atoms with Gasteiger partial charge in [-0.1, -0.05) is 12.1 Å². The number of piperazine rings is 1. The van der Waals surface area contributed by atoms with Gasteiger partial charge in [-0.3, -0.25) is 4.90 Å². The van der Waals surface area contributed by atoms with Gasteiger partial charge in [0.15, 0.2) is 0 Å². The Bertz CT molecular complexity index is 655. The topological polar surface area (TPSA) is 15.3 Å². The van der Waals surface area contributed by atoms with E-state index in [0.717, 1.165) is 37.1 Å². The lowest BCUT2D eigenvalue weighted by Gasteiger charge is -2.35. The molecule has 8 heteroatoms. The van der Waals surface area contributed by atoms with Crippen molar-refractivity contribution in [3.63, 3.8) is 0 Å². The largest absolute Gasteiger partial charge is 0.416 e. The van der Waals surface area contributed by atoms with Crippen LogP contribution in [0, 0.1) is 5.82 Å². The van der Waals surface area contributed by atoms with Gasteiger partial charge in [-0.2, -0.15) is 13.2 Å². The van der Waals surface area contributed by atoms with Gasteiger partial charge >= 0.3 is 6.18 Å². The zero-order valence-electron chi connectivity index (χ0n) is 12.6. The highest BCUT2D eigenvalue weighted by atomic mass is 35.5. The van der Waals surface area contributed by atoms with E-state index in [1.165, 1.54) is 17.4 Å². The molecule has 1 aliphatic heterocycles. The highest BCUT2D eigenvalue weighted by molar-refractivity contribution is 7.10. The Labute approximate surface area is 147 Å². The van der Waals surface area contributed by atoms with Crippen molar-refractivity contribution in [2.24, 2.45) is 0 Å². The van der Waals surface area contributed by atoms with E-state index in [1.54, 1.807) is 0 Å². The van der Waals surface area contributed by atoms with Crippen molar-refractivity contribution in [3.8, 4) is 0 Å². The summed E-state index contributed by atoms with van der Waals surface area (Å²) in [7, 11) is 0. The van der Waals surface area contributed by atoms with Gasteiger partial charge in [0, 0.05) is 36.6 Å². The molecule has 1 aromatic carbocycles. The third kappa shape index (κ3) is 4.08. The van der Waals surface area contributed by atoms with Crippen molar-refractivity contribution in [3.05, 3.63) is 57.5 Å². The van der Waals surface area contributed by atoms with Gasteiger partial charge in [0.25, 0.3) is 0 Å². The Morgan fingerprint density at radius 1 is 1.12 bits per heavy atom. The zero-order chi connectivity index (χ0) is 16.4. The molecule has 0 unspecified atom stereocenters. The van der Waals surface area contributed by atoms with Crippen LogP contribution in [0.2, 0.25) is 0 Å². The van der Waals surface area contributed by atoms with Crippen LogP contribution in [0.15, 0.2) is 35.7 Å². The second kappa shape index (κ2) is 7.82. The van der Waals surface area contributed by atoms with E-state index >= 15 is 0 Å². The lowest BCUT2D eigenvalue weighted by Crippen LogP contribution is -2.45. The molecule has 1 saturated heterocycles. The predicted molar refractivity (Wildman–Crippen MR) is 89.3 cm³/mol. The highest BCUT2D eigenvalue weighted by Gasteiger charge is 2.33. The molecule has 0 aliphatic carbocycles. The molecule has 1 fully saturated rings. The van der Waals surface area contributed by atoms with E-state index in [0.29, 0.717) is 11.6 Å². The molecule has 2 nitrogen and oxygen atoms in total. The fourth-order valence-electron chi connectivity index (χ4n) is 2.84. The molecule has 2 heterocycles. The predicted octanol–water partition coefficient (Wildman–Crippen LogP) is 4.32. The number of thiophene rings is 1. The third-order valence-corrected chi connectivity index (χ3v) is 4.88. The number of nitrogens with zero attached hydrogens (tertiary/aromatic N) is 1. The maximum atomic E-state index is 14.4. The van der Waals surface area contributed by atoms with Crippen LogP contribution >= 0.6 is 23.7 Å². The quantitative estimate of drug-likeness (QED) is 0.798. The first kappa shape index (κ1) is 19.2. The van der Waals surface area contributed by atoms with Crippen molar-refractivity contribution >= 4 is 23.7 Å². The summed E-state index contributed by atoms with van der Waals surface area (Å²) in [6.07, 6.45) is -4.53. The molecule has 1 aromatic heterocycles. The maximum absolute atomic E-state index is 14.4. The van der Waals surface area contributed by atoms with Gasteiger partial charge in [-0.05, 0) is 23.6 Å². The van der Waals surface area contributed by atoms with Crippen LogP contribution in [0.4, 0.5) is 17.6 Å². The molecule has 0 bridgehead atoms.